The van der Waals surface area contributed by atoms with Crippen molar-refractivity contribution in [2.24, 2.45) is 11.7 Å². The topological polar surface area (TPSA) is 105 Å². The first-order valence-corrected chi connectivity index (χ1v) is 6.32. The predicted octanol–water partition coefficient (Wildman–Crippen LogP) is 1.39. The lowest BCUT2D eigenvalue weighted by Crippen LogP contribution is -2.55. The molecule has 1 unspecified atom stereocenters. The van der Waals surface area contributed by atoms with Gasteiger partial charge in [-0.15, -0.1) is 0 Å². The molecule has 1 aromatic carbocycles. The minimum Gasteiger partial charge on any atom is -0.484 e. The number of hydrogen-bond acceptors (Lipinski definition) is 6. The molecule has 1 saturated carbocycles. The molecule has 0 aliphatic heterocycles. The summed E-state index contributed by atoms with van der Waals surface area (Å²) in [5.74, 6) is -1.59. The minimum atomic E-state index is -1.35. The van der Waals surface area contributed by atoms with Crippen LogP contribution in [0.4, 0.5) is 10.1 Å². The van der Waals surface area contributed by atoms with Crippen LogP contribution in [0.25, 0.3) is 0 Å². The zero-order valence-electron chi connectivity index (χ0n) is 11.4. The van der Waals surface area contributed by atoms with E-state index in [1.165, 1.54) is 7.11 Å². The normalized spacial score (nSPS) is 16.9. The lowest BCUT2D eigenvalue weighted by atomic mass is 9.96. The van der Waals surface area contributed by atoms with E-state index < -0.39 is 27.9 Å². The summed E-state index contributed by atoms with van der Waals surface area (Å²) >= 11 is 0. The van der Waals surface area contributed by atoms with Crippen molar-refractivity contribution < 1.29 is 23.6 Å². The molecule has 0 aromatic heterocycles. The van der Waals surface area contributed by atoms with Crippen LogP contribution >= 0.6 is 0 Å². The quantitative estimate of drug-likeness (QED) is 0.483. The zero-order valence-corrected chi connectivity index (χ0v) is 11.4. The van der Waals surface area contributed by atoms with Gasteiger partial charge < -0.3 is 15.2 Å². The van der Waals surface area contributed by atoms with Crippen molar-refractivity contribution in [2.45, 2.75) is 18.4 Å². The number of carbonyl (C=O) groups excluding carboxylic acids is 1. The van der Waals surface area contributed by atoms with Gasteiger partial charge in [-0.25, -0.2) is 9.18 Å². The van der Waals surface area contributed by atoms with E-state index in [0.29, 0.717) is 0 Å². The number of hydrogen-bond donors (Lipinski definition) is 1. The van der Waals surface area contributed by atoms with Crippen molar-refractivity contribution >= 4 is 11.7 Å². The maximum Gasteiger partial charge on any atom is 0.329 e. The van der Waals surface area contributed by atoms with Crippen molar-refractivity contribution in [3.05, 3.63) is 34.1 Å². The van der Waals surface area contributed by atoms with Crippen molar-refractivity contribution in [2.75, 3.05) is 13.7 Å². The molecule has 8 heteroatoms. The monoisotopic (exact) mass is 298 g/mol. The van der Waals surface area contributed by atoms with Gasteiger partial charge in [0, 0.05) is 0 Å². The number of rotatable bonds is 6. The summed E-state index contributed by atoms with van der Waals surface area (Å²) < 4.78 is 23.0. The molecule has 0 bridgehead atoms. The van der Waals surface area contributed by atoms with Crippen LogP contribution in [0.3, 0.4) is 0 Å². The molecule has 1 aliphatic rings. The largest absolute Gasteiger partial charge is 0.484 e. The van der Waals surface area contributed by atoms with Crippen molar-refractivity contribution in [3.63, 3.8) is 0 Å². The van der Waals surface area contributed by atoms with E-state index in [-0.39, 0.29) is 18.3 Å². The third-order valence-corrected chi connectivity index (χ3v) is 3.46. The molecule has 0 radical (unpaired) electrons. The number of methoxy groups -OCH3 is 1. The van der Waals surface area contributed by atoms with Crippen LogP contribution in [-0.2, 0) is 9.53 Å². The second-order valence-corrected chi connectivity index (χ2v) is 4.96. The van der Waals surface area contributed by atoms with Crippen LogP contribution in [0, 0.1) is 21.8 Å². The fraction of sp³-hybridized carbons (Fsp3) is 0.462. The Morgan fingerprint density at radius 2 is 2.24 bits per heavy atom. The van der Waals surface area contributed by atoms with Crippen LogP contribution in [0.5, 0.6) is 5.75 Å². The zero-order chi connectivity index (χ0) is 15.6. The second-order valence-electron chi connectivity index (χ2n) is 4.96. The number of benzene rings is 1. The molecule has 1 aromatic rings. The molecule has 1 fully saturated rings. The third kappa shape index (κ3) is 3.10. The second kappa shape index (κ2) is 5.65. The molecule has 0 heterocycles. The summed E-state index contributed by atoms with van der Waals surface area (Å²) in [4.78, 5) is 21.9. The number of esters is 1. The van der Waals surface area contributed by atoms with E-state index in [1.54, 1.807) is 0 Å². The van der Waals surface area contributed by atoms with Crippen molar-refractivity contribution in [1.82, 2.24) is 0 Å². The lowest BCUT2D eigenvalue weighted by molar-refractivity contribution is -0.386. The highest BCUT2D eigenvalue weighted by Crippen LogP contribution is 2.40. The van der Waals surface area contributed by atoms with Crippen LogP contribution in [0.1, 0.15) is 12.8 Å². The predicted molar refractivity (Wildman–Crippen MR) is 70.2 cm³/mol. The Morgan fingerprint density at radius 3 is 2.76 bits per heavy atom. The maximum absolute atomic E-state index is 13.0. The molecule has 2 N–H and O–H groups in total. The number of nitrogens with zero attached hydrogens (tertiary/aromatic N) is 1. The number of nitro groups is 1. The number of ether oxygens (including phenoxy) is 2. The number of nitro benzene ring substituents is 1. The fourth-order valence-electron chi connectivity index (χ4n) is 2.08. The third-order valence-electron chi connectivity index (χ3n) is 3.46. The van der Waals surface area contributed by atoms with E-state index in [2.05, 4.69) is 4.74 Å². The summed E-state index contributed by atoms with van der Waals surface area (Å²) in [6.07, 6.45) is 1.53. The van der Waals surface area contributed by atoms with Gasteiger partial charge in [0.15, 0.2) is 11.3 Å². The number of nitrogens with two attached hydrogens (primary N) is 1. The fourth-order valence-corrected chi connectivity index (χ4v) is 2.08. The minimum absolute atomic E-state index is 0.0792. The van der Waals surface area contributed by atoms with Crippen LogP contribution in [-0.4, -0.2) is 30.1 Å². The summed E-state index contributed by atoms with van der Waals surface area (Å²) in [7, 11) is 1.21. The van der Waals surface area contributed by atoms with E-state index in [4.69, 9.17) is 10.5 Å². The average Bonchev–Trinajstić information content (AvgIpc) is 3.29. The Bertz CT molecular complexity index is 576. The Hall–Kier alpha value is -2.22. The molecule has 114 valence electrons. The molecule has 0 saturated heterocycles. The number of halogens is 1. The van der Waals surface area contributed by atoms with E-state index in [1.807, 2.05) is 0 Å². The maximum atomic E-state index is 13.0. The molecule has 7 nitrogen and oxygen atoms in total. The Balaban J connectivity index is 2.18. The smallest absolute Gasteiger partial charge is 0.329 e. The highest BCUT2D eigenvalue weighted by atomic mass is 19.1. The van der Waals surface area contributed by atoms with Crippen LogP contribution in [0.2, 0.25) is 0 Å². The Kier molecular flexibility index (Phi) is 4.08. The van der Waals surface area contributed by atoms with Crippen molar-refractivity contribution in [3.8, 4) is 5.75 Å². The number of carbonyl (C=O) groups is 1. The Labute approximate surface area is 120 Å². The van der Waals surface area contributed by atoms with Gasteiger partial charge >= 0.3 is 11.7 Å². The molecule has 2 rings (SSSR count). The molecular weight excluding hydrogens is 283 g/mol. The van der Waals surface area contributed by atoms with Gasteiger partial charge in [-0.2, -0.15) is 0 Å². The van der Waals surface area contributed by atoms with E-state index >= 15 is 0 Å². The summed E-state index contributed by atoms with van der Waals surface area (Å²) in [6.45, 7) is -0.267. The lowest BCUT2D eigenvalue weighted by Gasteiger charge is -2.26. The van der Waals surface area contributed by atoms with Gasteiger partial charge in [-0.1, -0.05) is 0 Å². The molecule has 0 spiro atoms. The van der Waals surface area contributed by atoms with Gasteiger partial charge in [-0.3, -0.25) is 10.1 Å². The first-order valence-electron chi connectivity index (χ1n) is 6.32. The van der Waals surface area contributed by atoms with Gasteiger partial charge in [0.2, 0.25) is 0 Å². The van der Waals surface area contributed by atoms with Crippen LogP contribution < -0.4 is 10.5 Å². The molecule has 0 amide bonds. The Morgan fingerprint density at radius 1 is 1.57 bits per heavy atom. The summed E-state index contributed by atoms with van der Waals surface area (Å²) in [6, 6.07) is 2.93. The SMILES string of the molecule is COC(=O)C(N)(COc1ccc(F)cc1[N+](=O)[O-])C1CC1. The highest BCUT2D eigenvalue weighted by molar-refractivity contribution is 5.81. The van der Waals surface area contributed by atoms with Gasteiger partial charge in [-0.05, 0) is 30.9 Å². The molecule has 1 atom stereocenters. The highest BCUT2D eigenvalue weighted by Gasteiger charge is 2.50. The molecule has 21 heavy (non-hydrogen) atoms. The molecular formula is C13H15FN2O5. The van der Waals surface area contributed by atoms with Crippen LogP contribution in [0.15, 0.2) is 18.2 Å². The first-order chi connectivity index (χ1) is 9.88. The summed E-state index contributed by atoms with van der Waals surface area (Å²) in [5.41, 5.74) is 4.15. The van der Waals surface area contributed by atoms with E-state index in [9.17, 15) is 19.3 Å². The summed E-state index contributed by atoms with van der Waals surface area (Å²) in [5, 5.41) is 10.9. The standard InChI is InChI=1S/C13H15FN2O5/c1-20-12(17)13(15,8-2-3-8)7-21-11-5-4-9(14)6-10(11)16(18)19/h4-6,8H,2-3,7,15H2,1H3. The van der Waals surface area contributed by atoms with E-state index in [0.717, 1.165) is 31.0 Å². The van der Waals surface area contributed by atoms with Gasteiger partial charge in [0.25, 0.3) is 0 Å². The molecule has 1 aliphatic carbocycles. The van der Waals surface area contributed by atoms with Crippen molar-refractivity contribution in [1.29, 1.82) is 0 Å². The first kappa shape index (κ1) is 15.2. The van der Waals surface area contributed by atoms with Gasteiger partial charge in [0.05, 0.1) is 18.1 Å². The average molecular weight is 298 g/mol. The van der Waals surface area contributed by atoms with Gasteiger partial charge in [0.1, 0.15) is 12.4 Å².